The molecule has 1 atom stereocenters. The van der Waals surface area contributed by atoms with Gasteiger partial charge in [-0.2, -0.15) is 0 Å². The van der Waals surface area contributed by atoms with E-state index >= 15 is 0 Å². The van der Waals surface area contributed by atoms with Gasteiger partial charge in [0.2, 0.25) is 5.91 Å². The largest absolute Gasteiger partial charge is 0.498 e. The van der Waals surface area contributed by atoms with Crippen molar-refractivity contribution in [3.05, 3.63) is 103 Å². The number of rotatable bonds is 16. The van der Waals surface area contributed by atoms with Crippen LogP contribution >= 0.6 is 0 Å². The first-order valence-corrected chi connectivity index (χ1v) is 42.5. The fraction of sp³-hybridized carbons (Fsp3) is 0.796. The second-order valence-corrected chi connectivity index (χ2v) is 31.6. The monoisotopic (exact) mass is 1480 g/mol. The van der Waals surface area contributed by atoms with Crippen molar-refractivity contribution >= 4 is 5.91 Å². The highest BCUT2D eigenvalue weighted by molar-refractivity contribution is 5.86. The summed E-state index contributed by atoms with van der Waals surface area (Å²) in [4.78, 5) is 20.2. The average molecular weight is 1480 g/mol. The zero-order valence-electron chi connectivity index (χ0n) is 77.9. The quantitative estimate of drug-likeness (QED) is 0.172. The standard InChI is InChI=1S/C11H19NO.2C11H20O.2C10H17NO.C10H18O2.2C10H18O.5C2H6/c1-6(2)9-8(5)11(13)12-10(9)7(3)4;2*1-8(2)10-6-5-7-12-11(10)9(3)4;2*1-6(2)9-10(7(3)4)12-8(5)11-9;1-7(2)9-10(8(3)4)12-6-5-11-9;2*1-7(2)9-5-6-11-10(9)8(3)4;5*1-2/h6-8H,1-5H3,(H,12,13);2*8-9H,5-7H2,1-4H3;2*6-7H,1-5H3;7-8H,5-6H2,1-4H3;2*7-8H,5-6H2,1-4H3;5*1-2H3. The molecule has 0 spiro atoms. The number of hydrogen-bond donors (Lipinski definition) is 1. The Balaban J connectivity index is -0.000000356. The highest BCUT2D eigenvalue weighted by Gasteiger charge is 2.32. The molecule has 12 nitrogen and oxygen atoms in total. The van der Waals surface area contributed by atoms with Gasteiger partial charge in [-0.05, 0) is 108 Å². The normalized spacial score (nSPS) is 16.0. The van der Waals surface area contributed by atoms with Gasteiger partial charge in [-0.25, -0.2) is 9.97 Å². The highest BCUT2D eigenvalue weighted by Crippen LogP contribution is 2.36. The van der Waals surface area contributed by atoms with E-state index in [1.165, 1.54) is 76.6 Å². The fourth-order valence-electron chi connectivity index (χ4n) is 12.6. The number of nitrogens with one attached hydrogen (secondary N) is 1. The highest BCUT2D eigenvalue weighted by atomic mass is 16.6. The SMILES string of the molecule is CC.CC.CC.CC.CC.CC(C)C1=C(C(C)C)C(C)C(=O)N1.CC(C)C1=C(C(C)C)OCC1.CC(C)C1=C(C(C)C)OCC1.CC(C)C1=C(C(C)C)OCCC1.CC(C)C1=C(C(C)C)OCCC1.CC(C)C1=C(C(C)C)OCCO1.Cc1nc(C(C)C)c(C(C)C)o1.Cc1nc(C(C)C)c(C(C)C)o1. The lowest BCUT2D eigenvalue weighted by atomic mass is 9.89. The Morgan fingerprint density at radius 3 is 0.724 bits per heavy atom. The lowest BCUT2D eigenvalue weighted by molar-refractivity contribution is -0.121. The summed E-state index contributed by atoms with van der Waals surface area (Å²) >= 11 is 0. The number of nitrogens with zero attached hydrogens (tertiary/aromatic N) is 2. The molecule has 6 aliphatic rings. The van der Waals surface area contributed by atoms with Crippen molar-refractivity contribution < 1.29 is 42.1 Å². The maximum absolute atomic E-state index is 11.5. The van der Waals surface area contributed by atoms with Crippen LogP contribution < -0.4 is 5.32 Å². The minimum atomic E-state index is 0.0670. The number of ether oxygens (including phenoxy) is 6. The van der Waals surface area contributed by atoms with E-state index in [-0.39, 0.29) is 11.8 Å². The third kappa shape index (κ3) is 40.4. The van der Waals surface area contributed by atoms with Crippen LogP contribution in [0.1, 0.15) is 395 Å². The minimum Gasteiger partial charge on any atom is -0.498 e. The van der Waals surface area contributed by atoms with Gasteiger partial charge in [0.15, 0.2) is 11.8 Å². The van der Waals surface area contributed by atoms with E-state index in [4.69, 9.17) is 37.3 Å². The summed E-state index contributed by atoms with van der Waals surface area (Å²) in [6, 6.07) is 0. The average Bonchev–Trinajstić information content (AvgIpc) is 1.71. The third-order valence-electron chi connectivity index (χ3n) is 17.3. The summed E-state index contributed by atoms with van der Waals surface area (Å²) in [6.07, 6.45) is 7.17. The first-order valence-electron chi connectivity index (χ1n) is 42.5. The van der Waals surface area contributed by atoms with Crippen molar-refractivity contribution in [1.29, 1.82) is 0 Å². The zero-order valence-corrected chi connectivity index (χ0v) is 77.9. The molecule has 0 aromatic carbocycles. The Morgan fingerprint density at radius 1 is 0.295 bits per heavy atom. The number of aryl methyl sites for hydroxylation is 2. The molecule has 618 valence electrons. The molecule has 6 aliphatic heterocycles. The molecule has 1 amide bonds. The molecule has 0 radical (unpaired) electrons. The predicted molar refractivity (Wildman–Crippen MR) is 457 cm³/mol. The molecule has 2 aromatic heterocycles. The van der Waals surface area contributed by atoms with Gasteiger partial charge in [-0.3, -0.25) is 4.79 Å². The van der Waals surface area contributed by atoms with E-state index in [0.29, 0.717) is 108 Å². The van der Waals surface area contributed by atoms with Crippen molar-refractivity contribution in [2.45, 2.75) is 374 Å². The van der Waals surface area contributed by atoms with Gasteiger partial charge >= 0.3 is 0 Å². The molecular formula is C93H177N3O9. The molecule has 1 unspecified atom stereocenters. The maximum Gasteiger partial charge on any atom is 0.231 e. The molecule has 0 saturated heterocycles. The minimum absolute atomic E-state index is 0.0670. The van der Waals surface area contributed by atoms with E-state index in [9.17, 15) is 4.79 Å². The van der Waals surface area contributed by atoms with Crippen LogP contribution in [0, 0.1) is 90.8 Å². The summed E-state index contributed by atoms with van der Waals surface area (Å²) < 4.78 is 44.7. The Hall–Kier alpha value is -4.87. The molecule has 105 heavy (non-hydrogen) atoms. The first kappa shape index (κ1) is 109. The third-order valence-corrected chi connectivity index (χ3v) is 17.3. The van der Waals surface area contributed by atoms with Gasteiger partial charge in [-0.15, -0.1) is 0 Å². The lowest BCUT2D eigenvalue weighted by Gasteiger charge is -2.26. The molecule has 12 heteroatoms. The van der Waals surface area contributed by atoms with Crippen molar-refractivity contribution in [1.82, 2.24) is 15.3 Å². The van der Waals surface area contributed by atoms with Crippen LogP contribution in [-0.4, -0.2) is 55.5 Å². The number of allylic oxidation sites excluding steroid dienone is 9. The lowest BCUT2D eigenvalue weighted by Crippen LogP contribution is -2.21. The van der Waals surface area contributed by atoms with Gasteiger partial charge in [0.25, 0.3) is 0 Å². The number of amides is 1. The topological polar surface area (TPSA) is 137 Å². The molecule has 0 saturated carbocycles. The van der Waals surface area contributed by atoms with Gasteiger partial charge in [0, 0.05) is 79.7 Å². The summed E-state index contributed by atoms with van der Waals surface area (Å²) in [7, 11) is 0. The van der Waals surface area contributed by atoms with E-state index in [1.54, 1.807) is 0 Å². The number of carbonyl (C=O) groups is 1. The van der Waals surface area contributed by atoms with Crippen molar-refractivity contribution in [3.63, 3.8) is 0 Å². The summed E-state index contributed by atoms with van der Waals surface area (Å²) in [5.41, 5.74) is 10.8. The van der Waals surface area contributed by atoms with Gasteiger partial charge in [0.1, 0.15) is 36.3 Å². The summed E-state index contributed by atoms with van der Waals surface area (Å²) in [5, 5.41) is 2.98. The van der Waals surface area contributed by atoms with Gasteiger partial charge < -0.3 is 42.6 Å². The smallest absolute Gasteiger partial charge is 0.231 e. The number of carbonyl (C=O) groups excluding carboxylic acids is 1. The van der Waals surface area contributed by atoms with Crippen LogP contribution in [0.5, 0.6) is 0 Å². The summed E-state index contributed by atoms with van der Waals surface area (Å²) in [6.45, 7) is 101. The molecule has 0 aliphatic carbocycles. The zero-order chi connectivity index (χ0) is 83.0. The second kappa shape index (κ2) is 60.0. The van der Waals surface area contributed by atoms with Crippen LogP contribution in [0.4, 0.5) is 0 Å². The van der Waals surface area contributed by atoms with Crippen LogP contribution in [0.15, 0.2) is 77.0 Å². The van der Waals surface area contributed by atoms with E-state index in [1.807, 2.05) is 90.0 Å². The number of oxazole rings is 2. The Kier molecular flexibility index (Phi) is 62.1. The van der Waals surface area contributed by atoms with E-state index < -0.39 is 0 Å². The maximum atomic E-state index is 11.5. The number of hydrogen-bond acceptors (Lipinski definition) is 11. The van der Waals surface area contributed by atoms with E-state index in [0.717, 1.165) is 91.2 Å². The predicted octanol–water partition coefficient (Wildman–Crippen LogP) is 29.1. The van der Waals surface area contributed by atoms with Gasteiger partial charge in [-0.1, -0.05) is 291 Å². The van der Waals surface area contributed by atoms with Gasteiger partial charge in [0.05, 0.1) is 66.8 Å². The van der Waals surface area contributed by atoms with Crippen LogP contribution in [0.2, 0.25) is 0 Å². The van der Waals surface area contributed by atoms with Crippen LogP contribution in [-0.2, 0) is 33.2 Å². The van der Waals surface area contributed by atoms with Crippen LogP contribution in [0.3, 0.4) is 0 Å². The van der Waals surface area contributed by atoms with Crippen molar-refractivity contribution in [2.75, 3.05) is 39.6 Å². The first-order chi connectivity index (χ1) is 49.1. The Labute approximate surface area is 653 Å². The molecule has 8 rings (SSSR count). The fourth-order valence-corrected chi connectivity index (χ4v) is 12.6. The molecular weight excluding hydrogens is 1300 g/mol. The molecule has 0 fully saturated rings. The van der Waals surface area contributed by atoms with Crippen molar-refractivity contribution in [3.8, 4) is 0 Å². The van der Waals surface area contributed by atoms with Crippen LogP contribution in [0.25, 0.3) is 0 Å². The molecule has 8 heterocycles. The Bertz CT molecular complexity index is 2410. The summed E-state index contributed by atoms with van der Waals surface area (Å²) in [5.74, 6) is 19.4. The second-order valence-electron chi connectivity index (χ2n) is 31.6. The molecule has 2 aromatic rings. The van der Waals surface area contributed by atoms with Crippen molar-refractivity contribution in [2.24, 2.45) is 76.9 Å². The molecule has 1 N–H and O–H groups in total. The molecule has 0 bridgehead atoms. The number of aromatic nitrogens is 2. The Morgan fingerprint density at radius 2 is 0.543 bits per heavy atom. The van der Waals surface area contributed by atoms with E-state index in [2.05, 4.69) is 237 Å².